The number of benzene rings is 3. The molecule has 2 aliphatic rings. The smallest absolute Gasteiger partial charge is 0.246 e. The van der Waals surface area contributed by atoms with Gasteiger partial charge in [0.15, 0.2) is 0 Å². The van der Waals surface area contributed by atoms with Crippen molar-refractivity contribution in [1.29, 1.82) is 0 Å². The second-order valence-corrected chi connectivity index (χ2v) is 10.5. The zero-order valence-electron chi connectivity index (χ0n) is 22.6. The van der Waals surface area contributed by atoms with Crippen LogP contribution in [0.4, 0.5) is 4.39 Å². The van der Waals surface area contributed by atoms with E-state index in [0.717, 1.165) is 11.1 Å². The Balaban J connectivity index is 1.50. The van der Waals surface area contributed by atoms with Crippen LogP contribution in [0.15, 0.2) is 84.9 Å². The zero-order valence-corrected chi connectivity index (χ0v) is 22.6. The molecule has 2 fully saturated rings. The summed E-state index contributed by atoms with van der Waals surface area (Å²) in [6.07, 6.45) is 1.34. The molecule has 4 amide bonds. The third-order valence-corrected chi connectivity index (χ3v) is 7.67. The molecule has 0 spiro atoms. The van der Waals surface area contributed by atoms with E-state index < -0.39 is 47.7 Å². The molecule has 5 rings (SSSR count). The molecule has 0 aromatic heterocycles. The molecule has 2 saturated heterocycles. The highest BCUT2D eigenvalue weighted by Crippen LogP contribution is 2.21. The van der Waals surface area contributed by atoms with E-state index >= 15 is 0 Å². The van der Waals surface area contributed by atoms with Crippen molar-refractivity contribution in [3.8, 4) is 0 Å². The van der Waals surface area contributed by atoms with Gasteiger partial charge in [-0.1, -0.05) is 78.9 Å². The van der Waals surface area contributed by atoms with Gasteiger partial charge >= 0.3 is 0 Å². The van der Waals surface area contributed by atoms with Crippen LogP contribution >= 0.6 is 0 Å². The van der Waals surface area contributed by atoms with Gasteiger partial charge in [-0.2, -0.15) is 0 Å². The summed E-state index contributed by atoms with van der Waals surface area (Å²) in [5, 5.41) is 8.44. The Labute approximate surface area is 238 Å². The Bertz CT molecular complexity index is 1400. The molecule has 3 aromatic rings. The largest absolute Gasteiger partial charge is 0.342 e. The van der Waals surface area contributed by atoms with Gasteiger partial charge in [-0.25, -0.2) is 4.39 Å². The van der Waals surface area contributed by atoms with Gasteiger partial charge in [0.25, 0.3) is 0 Å². The van der Waals surface area contributed by atoms with Crippen LogP contribution in [0.3, 0.4) is 0 Å². The second-order valence-electron chi connectivity index (χ2n) is 10.5. The quantitative estimate of drug-likeness (QED) is 0.433. The van der Waals surface area contributed by atoms with Crippen molar-refractivity contribution in [2.45, 2.75) is 56.3 Å². The number of halogens is 1. The van der Waals surface area contributed by atoms with Gasteiger partial charge in [-0.15, -0.1) is 0 Å². The van der Waals surface area contributed by atoms with Gasteiger partial charge < -0.3 is 20.9 Å². The third-order valence-electron chi connectivity index (χ3n) is 7.67. The number of hydrogen-bond acceptors (Lipinski definition) is 4. The van der Waals surface area contributed by atoms with Crippen molar-refractivity contribution < 1.29 is 23.6 Å². The summed E-state index contributed by atoms with van der Waals surface area (Å²) in [5.74, 6) is -2.45. The van der Waals surface area contributed by atoms with Crippen molar-refractivity contribution in [3.63, 3.8) is 0 Å². The summed E-state index contributed by atoms with van der Waals surface area (Å²) in [7, 11) is 0. The van der Waals surface area contributed by atoms with Gasteiger partial charge in [0.1, 0.15) is 30.0 Å². The minimum absolute atomic E-state index is 0.130. The van der Waals surface area contributed by atoms with E-state index in [1.54, 1.807) is 18.2 Å². The zero-order chi connectivity index (χ0) is 28.8. The van der Waals surface area contributed by atoms with Gasteiger partial charge in [-0.05, 0) is 35.6 Å². The summed E-state index contributed by atoms with van der Waals surface area (Å²) in [4.78, 5) is 56.3. The first-order valence-corrected chi connectivity index (χ1v) is 13.9. The van der Waals surface area contributed by atoms with Crippen molar-refractivity contribution in [3.05, 3.63) is 107 Å². The average Bonchev–Trinajstić information content (AvgIpc) is 3.48. The van der Waals surface area contributed by atoms with Crippen LogP contribution in [0.5, 0.6) is 0 Å². The molecule has 2 aliphatic heterocycles. The van der Waals surface area contributed by atoms with E-state index in [-0.39, 0.29) is 30.7 Å². The van der Waals surface area contributed by atoms with Crippen LogP contribution in [0.1, 0.15) is 29.5 Å². The molecule has 0 radical (unpaired) electrons. The number of carbonyl (C=O) groups excluding carboxylic acids is 4. The molecule has 8 nitrogen and oxygen atoms in total. The molecule has 0 saturated carbocycles. The summed E-state index contributed by atoms with van der Waals surface area (Å²) in [6.45, 7) is 0.367. The van der Waals surface area contributed by atoms with Crippen molar-refractivity contribution in [2.24, 2.45) is 0 Å². The molecule has 4 atom stereocenters. The first kappa shape index (κ1) is 28.0. The summed E-state index contributed by atoms with van der Waals surface area (Å²) in [6, 6.07) is 20.6. The SMILES string of the molecule is O=C1N[C@H](Cc2ccccc2F)C(=O)N[C@@H](Cc2ccccc2)C(=O)N2CCC[C@@H]2C(=O)N[C@H]1Cc1ccccc1. The Hall–Kier alpha value is -4.53. The lowest BCUT2D eigenvalue weighted by Gasteiger charge is -2.32. The fraction of sp³-hybridized carbons (Fsp3) is 0.312. The fourth-order valence-electron chi connectivity index (χ4n) is 5.52. The average molecular weight is 557 g/mol. The molecule has 212 valence electrons. The van der Waals surface area contributed by atoms with E-state index in [1.807, 2.05) is 60.7 Å². The molecule has 3 aromatic carbocycles. The highest BCUT2D eigenvalue weighted by molar-refractivity contribution is 5.98. The molecule has 0 aliphatic carbocycles. The van der Waals surface area contributed by atoms with Crippen LogP contribution in [0, 0.1) is 5.82 Å². The Morgan fingerprint density at radius 1 is 0.634 bits per heavy atom. The number of hydrogen-bond donors (Lipinski definition) is 3. The van der Waals surface area contributed by atoms with Crippen molar-refractivity contribution in [1.82, 2.24) is 20.9 Å². The highest BCUT2D eigenvalue weighted by atomic mass is 19.1. The standard InChI is InChI=1S/C32H33FN4O4/c33-24-15-8-7-14-23(24)20-26-30(39)36-27(19-22-12-5-2-6-13-22)32(41)37-17-9-16-28(37)31(40)35-25(29(38)34-26)18-21-10-3-1-4-11-21/h1-8,10-15,25-28H,9,16-20H2,(H,34,38)(H,35,40)(H,36,39)/t25-,26+,27-,28+/m0/s1. The maximum atomic E-state index is 14.6. The maximum absolute atomic E-state index is 14.6. The van der Waals surface area contributed by atoms with Crippen LogP contribution in [-0.4, -0.2) is 59.2 Å². The number of nitrogens with zero attached hydrogens (tertiary/aromatic N) is 1. The minimum atomic E-state index is -1.19. The highest BCUT2D eigenvalue weighted by Gasteiger charge is 2.40. The van der Waals surface area contributed by atoms with Crippen LogP contribution in [-0.2, 0) is 38.4 Å². The Kier molecular flexibility index (Phi) is 8.72. The fourth-order valence-corrected chi connectivity index (χ4v) is 5.52. The molecule has 0 unspecified atom stereocenters. The molecule has 0 bridgehead atoms. The van der Waals surface area contributed by atoms with Gasteiger partial charge in [0, 0.05) is 25.8 Å². The predicted octanol–water partition coefficient (Wildman–Crippen LogP) is 2.31. The number of nitrogens with one attached hydrogen (secondary N) is 3. The van der Waals surface area contributed by atoms with Gasteiger partial charge in [0.05, 0.1) is 0 Å². The monoisotopic (exact) mass is 556 g/mol. The minimum Gasteiger partial charge on any atom is -0.342 e. The first-order chi connectivity index (χ1) is 19.9. The molecule has 3 N–H and O–H groups in total. The normalized spacial score (nSPS) is 23.5. The first-order valence-electron chi connectivity index (χ1n) is 13.9. The van der Waals surface area contributed by atoms with Gasteiger partial charge in [0.2, 0.25) is 23.6 Å². The lowest BCUT2D eigenvalue weighted by molar-refractivity contribution is -0.143. The predicted molar refractivity (Wildman–Crippen MR) is 151 cm³/mol. The molecule has 2 heterocycles. The van der Waals surface area contributed by atoms with E-state index in [1.165, 1.54) is 11.0 Å². The van der Waals surface area contributed by atoms with E-state index in [0.29, 0.717) is 19.4 Å². The molecular weight excluding hydrogens is 523 g/mol. The molecular formula is C32H33FN4O4. The van der Waals surface area contributed by atoms with Crippen LogP contribution in [0.25, 0.3) is 0 Å². The van der Waals surface area contributed by atoms with Crippen molar-refractivity contribution >= 4 is 23.6 Å². The van der Waals surface area contributed by atoms with Crippen LogP contribution < -0.4 is 16.0 Å². The van der Waals surface area contributed by atoms with Crippen molar-refractivity contribution in [2.75, 3.05) is 6.54 Å². The van der Waals surface area contributed by atoms with E-state index in [2.05, 4.69) is 16.0 Å². The lowest BCUT2D eigenvalue weighted by atomic mass is 9.99. The summed E-state index contributed by atoms with van der Waals surface area (Å²) in [5.41, 5.74) is 1.89. The van der Waals surface area contributed by atoms with Crippen LogP contribution in [0.2, 0.25) is 0 Å². The lowest BCUT2D eigenvalue weighted by Crippen LogP contribution is -2.62. The van der Waals surface area contributed by atoms with Gasteiger partial charge in [-0.3, -0.25) is 19.2 Å². The third kappa shape index (κ3) is 6.80. The number of amides is 4. The topological polar surface area (TPSA) is 108 Å². The Morgan fingerprint density at radius 2 is 1.15 bits per heavy atom. The molecule has 41 heavy (non-hydrogen) atoms. The number of fused-ring (bicyclic) bond motifs is 1. The summed E-state index contributed by atoms with van der Waals surface area (Å²) >= 11 is 0. The number of rotatable bonds is 6. The maximum Gasteiger partial charge on any atom is 0.246 e. The Morgan fingerprint density at radius 3 is 1.78 bits per heavy atom. The second kappa shape index (κ2) is 12.8. The van der Waals surface area contributed by atoms with E-state index in [9.17, 15) is 23.6 Å². The van der Waals surface area contributed by atoms with E-state index in [4.69, 9.17) is 0 Å². The molecule has 9 heteroatoms. The summed E-state index contributed by atoms with van der Waals surface area (Å²) < 4.78 is 14.6. The number of carbonyl (C=O) groups is 4.